The molecule has 0 unspecified atom stereocenters. The zero-order chi connectivity index (χ0) is 10.6. The maximum absolute atomic E-state index is 10.9. The summed E-state index contributed by atoms with van der Waals surface area (Å²) < 4.78 is 4.05. The molecule has 0 saturated carbocycles. The molecule has 0 amide bonds. The number of hydrogen-bond acceptors (Lipinski definition) is 5. The smallest absolute Gasteiger partial charge is 0.370 e. The van der Waals surface area contributed by atoms with E-state index in [0.29, 0.717) is 0 Å². The maximum atomic E-state index is 10.9. The molecule has 0 bridgehead atoms. The van der Waals surface area contributed by atoms with E-state index < -0.39 is 11.7 Å². The van der Waals surface area contributed by atoms with Gasteiger partial charge in [-0.25, -0.2) is 9.59 Å². The number of rotatable bonds is 3. The van der Waals surface area contributed by atoms with E-state index in [1.807, 2.05) is 0 Å². The van der Waals surface area contributed by atoms with Crippen molar-refractivity contribution in [3.63, 3.8) is 0 Å². The Morgan fingerprint density at radius 2 is 2.15 bits per heavy atom. The summed E-state index contributed by atoms with van der Waals surface area (Å²) in [5.74, 6) is -0.116. The summed E-state index contributed by atoms with van der Waals surface area (Å²) in [4.78, 5) is 21.3. The van der Waals surface area contributed by atoms with Crippen LogP contribution in [-0.2, 0) is 13.4 Å². The summed E-state index contributed by atoms with van der Waals surface area (Å²) in [6, 6.07) is 0. The second-order valence-corrected chi connectivity index (χ2v) is 3.13. The van der Waals surface area contributed by atoms with Gasteiger partial charge in [0.25, 0.3) is 0 Å². The van der Waals surface area contributed by atoms with Crippen LogP contribution >= 0.6 is 16.3 Å². The average molecular weight is 252 g/mol. The van der Waals surface area contributed by atoms with Crippen LogP contribution in [0.2, 0.25) is 0 Å². The number of aliphatic hydroxyl groups is 1. The Morgan fingerprint density at radius 1 is 1.69 bits per heavy atom. The molecule has 0 spiro atoms. The van der Waals surface area contributed by atoms with Crippen LogP contribution < -0.4 is 5.73 Å². The summed E-state index contributed by atoms with van der Waals surface area (Å²) in [6.45, 7) is 3.19. The van der Waals surface area contributed by atoms with Crippen molar-refractivity contribution in [2.75, 3.05) is 0 Å². The van der Waals surface area contributed by atoms with Gasteiger partial charge in [0.1, 0.15) is 5.94 Å². The second kappa shape index (κ2) is 4.53. The van der Waals surface area contributed by atoms with E-state index in [9.17, 15) is 14.7 Å². The van der Waals surface area contributed by atoms with E-state index >= 15 is 0 Å². The van der Waals surface area contributed by atoms with Crippen molar-refractivity contribution < 1.29 is 18.5 Å². The minimum atomic E-state index is -2.42. The van der Waals surface area contributed by atoms with Crippen molar-refractivity contribution >= 4 is 28.2 Å². The molecule has 0 saturated heterocycles. The first kappa shape index (κ1) is 12.3. The molecule has 5 nitrogen and oxygen atoms in total. The zero-order valence-electron chi connectivity index (χ0n) is 7.20. The standard InChI is InChI=1S/C7H10BrNO4/c1-4(2)5(3-10)7(9,12)6(11)13-8/h4,12H,9H2,1-2H3/t7-/m1/s1. The molecule has 1 atom stereocenters. The van der Waals surface area contributed by atoms with Gasteiger partial charge in [-0.1, -0.05) is 13.8 Å². The van der Waals surface area contributed by atoms with Crippen LogP contribution in [0.5, 0.6) is 0 Å². The second-order valence-electron chi connectivity index (χ2n) is 2.80. The Kier molecular flexibility index (Phi) is 4.29. The molecular weight excluding hydrogens is 242 g/mol. The SMILES string of the molecule is CC(C)C(=C=O)[C@@](N)(O)C(=O)OBr. The Labute approximate surface area is 84.0 Å². The van der Waals surface area contributed by atoms with E-state index in [1.165, 1.54) is 5.94 Å². The van der Waals surface area contributed by atoms with Gasteiger partial charge in [-0.3, -0.25) is 5.73 Å². The van der Waals surface area contributed by atoms with Crippen LogP contribution in [0, 0.1) is 5.92 Å². The average Bonchev–Trinajstić information content (AvgIpc) is 2.02. The molecule has 0 aliphatic heterocycles. The molecule has 74 valence electrons. The summed E-state index contributed by atoms with van der Waals surface area (Å²) in [6.07, 6.45) is 0. The molecule has 13 heavy (non-hydrogen) atoms. The van der Waals surface area contributed by atoms with Gasteiger partial charge < -0.3 is 8.93 Å². The van der Waals surface area contributed by atoms with E-state index in [1.54, 1.807) is 13.8 Å². The number of carbonyl (C=O) groups excluding carboxylic acids is 2. The third kappa shape index (κ3) is 2.63. The Bertz CT molecular complexity index is 255. The predicted molar refractivity (Wildman–Crippen MR) is 48.2 cm³/mol. The first-order valence-electron chi connectivity index (χ1n) is 3.47. The van der Waals surface area contributed by atoms with Crippen LogP contribution in [0.15, 0.2) is 5.57 Å². The van der Waals surface area contributed by atoms with E-state index in [-0.39, 0.29) is 11.5 Å². The lowest BCUT2D eigenvalue weighted by Gasteiger charge is -2.21. The summed E-state index contributed by atoms with van der Waals surface area (Å²) in [5, 5.41) is 9.39. The highest BCUT2D eigenvalue weighted by Gasteiger charge is 2.40. The monoisotopic (exact) mass is 251 g/mol. The van der Waals surface area contributed by atoms with Gasteiger partial charge in [0.2, 0.25) is 5.72 Å². The number of hydrogen-bond donors (Lipinski definition) is 2. The van der Waals surface area contributed by atoms with Gasteiger partial charge in [0.05, 0.1) is 5.57 Å². The van der Waals surface area contributed by atoms with Crippen molar-refractivity contribution in [3.8, 4) is 0 Å². The Balaban J connectivity index is 5.01. The largest absolute Gasteiger partial charge is 0.380 e. The van der Waals surface area contributed by atoms with Gasteiger partial charge >= 0.3 is 5.97 Å². The minimum absolute atomic E-state index is 0.253. The molecule has 3 N–H and O–H groups in total. The summed E-state index contributed by atoms with van der Waals surface area (Å²) in [7, 11) is 0. The lowest BCUT2D eigenvalue weighted by molar-refractivity contribution is -0.149. The van der Waals surface area contributed by atoms with Crippen molar-refractivity contribution in [3.05, 3.63) is 5.57 Å². The first-order chi connectivity index (χ1) is 5.87. The van der Waals surface area contributed by atoms with E-state index in [4.69, 9.17) is 5.73 Å². The topological polar surface area (TPSA) is 89.6 Å². The predicted octanol–water partition coefficient (Wildman–Crippen LogP) is -0.0992. The van der Waals surface area contributed by atoms with Crippen molar-refractivity contribution in [1.82, 2.24) is 0 Å². The molecule has 0 heterocycles. The van der Waals surface area contributed by atoms with Crippen LogP contribution in [0.1, 0.15) is 13.8 Å². The maximum Gasteiger partial charge on any atom is 0.370 e. The van der Waals surface area contributed by atoms with Crippen LogP contribution in [0.25, 0.3) is 0 Å². The Hall–Kier alpha value is -0.680. The van der Waals surface area contributed by atoms with Gasteiger partial charge in [0, 0.05) is 0 Å². The van der Waals surface area contributed by atoms with Crippen LogP contribution in [0.3, 0.4) is 0 Å². The fraction of sp³-hybridized carbons (Fsp3) is 0.571. The Morgan fingerprint density at radius 3 is 2.38 bits per heavy atom. The fourth-order valence-corrected chi connectivity index (χ4v) is 1.05. The minimum Gasteiger partial charge on any atom is -0.380 e. The van der Waals surface area contributed by atoms with Gasteiger partial charge in [-0.05, 0) is 5.92 Å². The lowest BCUT2D eigenvalue weighted by Crippen LogP contribution is -2.51. The van der Waals surface area contributed by atoms with Crippen molar-refractivity contribution in [2.24, 2.45) is 11.7 Å². The summed E-state index contributed by atoms with van der Waals surface area (Å²) >= 11 is 2.36. The summed E-state index contributed by atoms with van der Waals surface area (Å²) in [5.41, 5.74) is 2.51. The molecular formula is C7H10BrNO4. The molecule has 0 aromatic heterocycles. The molecule has 0 rings (SSSR count). The third-order valence-electron chi connectivity index (χ3n) is 1.48. The molecule has 0 aromatic carbocycles. The number of carbonyl (C=O) groups is 1. The zero-order valence-corrected chi connectivity index (χ0v) is 8.79. The third-order valence-corrected chi connectivity index (χ3v) is 1.77. The van der Waals surface area contributed by atoms with Crippen LogP contribution in [0.4, 0.5) is 0 Å². The van der Waals surface area contributed by atoms with E-state index in [2.05, 4.69) is 20.1 Å². The highest BCUT2D eigenvalue weighted by molar-refractivity contribution is 9.06. The first-order valence-corrected chi connectivity index (χ1v) is 4.12. The molecule has 0 fully saturated rings. The quantitative estimate of drug-likeness (QED) is 0.540. The fourth-order valence-electron chi connectivity index (χ4n) is 0.805. The molecule has 0 aliphatic rings. The van der Waals surface area contributed by atoms with Crippen molar-refractivity contribution in [2.45, 2.75) is 19.6 Å². The highest BCUT2D eigenvalue weighted by atomic mass is 79.9. The van der Waals surface area contributed by atoms with E-state index in [0.717, 1.165) is 0 Å². The van der Waals surface area contributed by atoms with Crippen molar-refractivity contribution in [1.29, 1.82) is 0 Å². The molecule has 6 heteroatoms. The number of nitrogens with two attached hydrogens (primary N) is 1. The van der Waals surface area contributed by atoms with Gasteiger partial charge in [-0.2, -0.15) is 0 Å². The van der Waals surface area contributed by atoms with Gasteiger partial charge in [0.15, 0.2) is 16.3 Å². The lowest BCUT2D eigenvalue weighted by atomic mass is 9.95. The van der Waals surface area contributed by atoms with Gasteiger partial charge in [-0.15, -0.1) is 0 Å². The molecule has 0 radical (unpaired) electrons. The number of halogens is 1. The molecule has 0 aromatic rings. The highest BCUT2D eigenvalue weighted by Crippen LogP contribution is 2.19. The normalized spacial score (nSPS) is 14.6. The van der Waals surface area contributed by atoms with Crippen LogP contribution in [-0.4, -0.2) is 22.7 Å². The molecule has 0 aliphatic carbocycles.